The van der Waals surface area contributed by atoms with Crippen molar-refractivity contribution in [2.24, 2.45) is 5.73 Å². The van der Waals surface area contributed by atoms with Crippen molar-refractivity contribution in [3.8, 4) is 0 Å². The van der Waals surface area contributed by atoms with E-state index in [2.05, 4.69) is 50.7 Å². The molecule has 0 bridgehead atoms. The van der Waals surface area contributed by atoms with E-state index in [1.54, 1.807) is 24.2 Å². The second kappa shape index (κ2) is 12.2. The Morgan fingerprint density at radius 2 is 1.73 bits per heavy atom. The summed E-state index contributed by atoms with van der Waals surface area (Å²) in [5, 5.41) is 4.11. The molecule has 1 atom stereocenters. The minimum absolute atomic E-state index is 0.0593. The van der Waals surface area contributed by atoms with Crippen LogP contribution in [0.3, 0.4) is 0 Å². The zero-order valence-corrected chi connectivity index (χ0v) is 23.8. The van der Waals surface area contributed by atoms with E-state index in [1.807, 2.05) is 7.05 Å². The minimum atomic E-state index is -0.530. The average molecular weight is 557 g/mol. The molecular formula is C28H38F2N8O2. The maximum atomic E-state index is 13.0. The van der Waals surface area contributed by atoms with Gasteiger partial charge in [-0.15, -0.1) is 0 Å². The predicted molar refractivity (Wildman–Crippen MR) is 148 cm³/mol. The van der Waals surface area contributed by atoms with Gasteiger partial charge in [-0.2, -0.15) is 4.98 Å². The molecular weight excluding hydrogens is 518 g/mol. The van der Waals surface area contributed by atoms with Crippen molar-refractivity contribution in [3.63, 3.8) is 0 Å². The third-order valence-electron chi connectivity index (χ3n) is 7.22. The van der Waals surface area contributed by atoms with Crippen LogP contribution in [0.25, 0.3) is 0 Å². The number of nitrogens with two attached hydrogens (primary N) is 1. The van der Waals surface area contributed by atoms with Crippen LogP contribution in [0.4, 0.5) is 20.7 Å². The molecule has 2 aliphatic heterocycles. The summed E-state index contributed by atoms with van der Waals surface area (Å²) in [6.45, 7) is 10.9. The Labute approximate surface area is 233 Å². The maximum absolute atomic E-state index is 13.0. The van der Waals surface area contributed by atoms with E-state index in [-0.39, 0.29) is 23.4 Å². The van der Waals surface area contributed by atoms with Gasteiger partial charge in [-0.05, 0) is 37.8 Å². The smallest absolute Gasteiger partial charge is 0.324 e. The lowest BCUT2D eigenvalue weighted by Gasteiger charge is -2.35. The maximum Gasteiger partial charge on any atom is 0.324 e. The molecule has 216 valence electrons. The summed E-state index contributed by atoms with van der Waals surface area (Å²) < 4.78 is 29.9. The molecule has 1 amide bonds. The molecule has 4 heterocycles. The number of benzene rings is 1. The van der Waals surface area contributed by atoms with Crippen LogP contribution < -0.4 is 15.5 Å². The second-order valence-electron chi connectivity index (χ2n) is 11.4. The largest absolute Gasteiger partial charge is 0.339 e. The fraction of sp³-hybridized carbons (Fsp3) is 0.536. The molecule has 0 saturated carbocycles. The highest BCUT2D eigenvalue weighted by atomic mass is 19.1. The lowest BCUT2D eigenvalue weighted by Crippen LogP contribution is -2.45. The third kappa shape index (κ3) is 7.09. The third-order valence-corrected chi connectivity index (χ3v) is 7.22. The summed E-state index contributed by atoms with van der Waals surface area (Å²) in [6.07, 6.45) is 5.84. The summed E-state index contributed by atoms with van der Waals surface area (Å²) in [5.74, 6) is 0.259. The Balaban J connectivity index is 0.000000350. The Morgan fingerprint density at radius 3 is 2.25 bits per heavy atom. The van der Waals surface area contributed by atoms with E-state index in [4.69, 9.17) is 10.3 Å². The van der Waals surface area contributed by atoms with Crippen LogP contribution in [0.2, 0.25) is 0 Å². The van der Waals surface area contributed by atoms with Crippen LogP contribution in [-0.4, -0.2) is 76.2 Å². The van der Waals surface area contributed by atoms with Crippen molar-refractivity contribution >= 4 is 17.9 Å². The molecule has 2 saturated heterocycles. The van der Waals surface area contributed by atoms with Crippen molar-refractivity contribution in [3.05, 3.63) is 59.2 Å². The van der Waals surface area contributed by atoms with Crippen LogP contribution in [0.15, 0.2) is 35.1 Å². The van der Waals surface area contributed by atoms with Crippen molar-refractivity contribution in [1.29, 1.82) is 0 Å². The van der Waals surface area contributed by atoms with Crippen molar-refractivity contribution in [1.82, 2.24) is 25.0 Å². The summed E-state index contributed by atoms with van der Waals surface area (Å²) in [5.41, 5.74) is 6.78. The van der Waals surface area contributed by atoms with Crippen molar-refractivity contribution < 1.29 is 18.1 Å². The second-order valence-corrected chi connectivity index (χ2v) is 11.4. The van der Waals surface area contributed by atoms with Crippen LogP contribution in [0.5, 0.6) is 0 Å². The zero-order valence-electron chi connectivity index (χ0n) is 23.8. The SMILES string of the molecule is CN(C(=O)c1cnc(N2CCC(N)C2)nc1)C1CCN(c2nc(C(C)(C)C)no2)CC1.Cc1ccc(F)cc1F. The fourth-order valence-electron chi connectivity index (χ4n) is 4.59. The quantitative estimate of drug-likeness (QED) is 0.513. The first kappa shape index (κ1) is 29.3. The predicted octanol–water partition coefficient (Wildman–Crippen LogP) is 3.71. The minimum Gasteiger partial charge on any atom is -0.339 e. The van der Waals surface area contributed by atoms with Gasteiger partial charge in [0.15, 0.2) is 5.82 Å². The van der Waals surface area contributed by atoms with Crippen molar-refractivity contribution in [2.45, 2.75) is 64.5 Å². The van der Waals surface area contributed by atoms with Gasteiger partial charge in [0.25, 0.3) is 5.91 Å². The molecule has 2 aliphatic rings. The van der Waals surface area contributed by atoms with E-state index < -0.39 is 11.6 Å². The number of hydrogen-bond acceptors (Lipinski definition) is 9. The molecule has 3 aromatic rings. The van der Waals surface area contributed by atoms with E-state index in [0.29, 0.717) is 28.9 Å². The van der Waals surface area contributed by atoms with Crippen LogP contribution in [-0.2, 0) is 5.41 Å². The Bertz CT molecular complexity index is 1290. The number of carbonyl (C=O) groups is 1. The zero-order chi connectivity index (χ0) is 29.0. The molecule has 10 nitrogen and oxygen atoms in total. The van der Waals surface area contributed by atoms with Gasteiger partial charge >= 0.3 is 6.01 Å². The topological polar surface area (TPSA) is 118 Å². The number of anilines is 2. The molecule has 0 aliphatic carbocycles. The molecule has 5 rings (SSSR count). The fourth-order valence-corrected chi connectivity index (χ4v) is 4.59. The molecule has 1 aromatic carbocycles. The van der Waals surface area contributed by atoms with E-state index >= 15 is 0 Å². The standard InChI is InChI=1S/C21H32N8O2.C7H6F2/c1-21(2,3)18-25-20(31-26-18)28-9-6-16(7-10-28)27(4)17(30)14-11-23-19(24-12-14)29-8-5-15(22)13-29;1-5-2-3-6(8)4-7(5)9/h11-12,15-16H,5-10,13,22H2,1-4H3;2-4H,1H3. The Morgan fingerprint density at radius 1 is 1.07 bits per heavy atom. The molecule has 0 radical (unpaired) electrons. The first-order valence-corrected chi connectivity index (χ1v) is 13.5. The summed E-state index contributed by atoms with van der Waals surface area (Å²) >= 11 is 0. The number of aromatic nitrogens is 4. The van der Waals surface area contributed by atoms with Crippen LogP contribution in [0.1, 0.15) is 61.8 Å². The van der Waals surface area contributed by atoms with Gasteiger partial charge in [0.05, 0.1) is 5.56 Å². The number of piperidine rings is 1. The van der Waals surface area contributed by atoms with Gasteiger partial charge in [0, 0.05) is 69.2 Å². The molecule has 0 spiro atoms. The lowest BCUT2D eigenvalue weighted by molar-refractivity contribution is 0.0707. The summed E-state index contributed by atoms with van der Waals surface area (Å²) in [6, 6.07) is 4.38. The molecule has 2 N–H and O–H groups in total. The Kier molecular flexibility index (Phi) is 8.97. The van der Waals surface area contributed by atoms with E-state index in [0.717, 1.165) is 51.5 Å². The van der Waals surface area contributed by atoms with E-state index in [1.165, 1.54) is 12.1 Å². The number of halogens is 2. The summed E-state index contributed by atoms with van der Waals surface area (Å²) in [7, 11) is 1.85. The molecule has 1 unspecified atom stereocenters. The van der Waals surface area contributed by atoms with Crippen LogP contribution >= 0.6 is 0 Å². The number of rotatable bonds is 4. The van der Waals surface area contributed by atoms with Gasteiger partial charge in [-0.3, -0.25) is 4.79 Å². The van der Waals surface area contributed by atoms with Crippen LogP contribution in [0, 0.1) is 18.6 Å². The number of hydrogen-bond donors (Lipinski definition) is 1. The summed E-state index contributed by atoms with van der Waals surface area (Å²) in [4.78, 5) is 32.2. The first-order valence-electron chi connectivity index (χ1n) is 13.5. The molecule has 40 heavy (non-hydrogen) atoms. The Hall–Kier alpha value is -3.67. The highest BCUT2D eigenvalue weighted by Crippen LogP contribution is 2.25. The van der Waals surface area contributed by atoms with Gasteiger partial charge in [0.2, 0.25) is 5.95 Å². The highest BCUT2D eigenvalue weighted by molar-refractivity contribution is 5.93. The monoisotopic (exact) mass is 556 g/mol. The normalized spacial score (nSPS) is 17.9. The molecule has 2 aromatic heterocycles. The number of nitrogens with zero attached hydrogens (tertiary/aromatic N) is 7. The van der Waals surface area contributed by atoms with Crippen molar-refractivity contribution in [2.75, 3.05) is 43.0 Å². The molecule has 2 fully saturated rings. The average Bonchev–Trinajstić information content (AvgIpc) is 3.61. The lowest BCUT2D eigenvalue weighted by atomic mass is 9.96. The molecule has 12 heteroatoms. The van der Waals surface area contributed by atoms with Gasteiger partial charge in [-0.25, -0.2) is 18.7 Å². The number of amides is 1. The first-order chi connectivity index (χ1) is 18.9. The van der Waals surface area contributed by atoms with Gasteiger partial charge < -0.3 is 25.0 Å². The van der Waals surface area contributed by atoms with Gasteiger partial charge in [0.1, 0.15) is 11.6 Å². The van der Waals surface area contributed by atoms with E-state index in [9.17, 15) is 13.6 Å². The number of aryl methyl sites for hydroxylation is 1. The number of carbonyl (C=O) groups excluding carboxylic acids is 1. The highest BCUT2D eigenvalue weighted by Gasteiger charge is 2.30. The van der Waals surface area contributed by atoms with Gasteiger partial charge in [-0.1, -0.05) is 32.0 Å².